The van der Waals surface area contributed by atoms with Gasteiger partial charge < -0.3 is 16.2 Å². The van der Waals surface area contributed by atoms with Crippen LogP contribution >= 0.6 is 0 Å². The van der Waals surface area contributed by atoms with Gasteiger partial charge in [-0.1, -0.05) is 32.8 Å². The van der Waals surface area contributed by atoms with E-state index in [1.807, 2.05) is 25.1 Å². The fourth-order valence-electron chi connectivity index (χ4n) is 2.74. The molecule has 1 aliphatic rings. The summed E-state index contributed by atoms with van der Waals surface area (Å²) in [6.07, 6.45) is 2.94. The number of anilines is 1. The number of nitrogens with zero attached hydrogens (tertiary/aromatic N) is 1. The zero-order valence-corrected chi connectivity index (χ0v) is 13.7. The lowest BCUT2D eigenvalue weighted by Gasteiger charge is -2.34. The third-order valence-electron chi connectivity index (χ3n) is 4.07. The summed E-state index contributed by atoms with van der Waals surface area (Å²) < 4.78 is 5.74. The number of carbonyl (C=O) groups excluding carboxylic acids is 2. The van der Waals surface area contributed by atoms with Crippen molar-refractivity contribution in [2.75, 3.05) is 11.4 Å². The van der Waals surface area contributed by atoms with Gasteiger partial charge in [0, 0.05) is 6.04 Å². The number of ether oxygens (including phenoxy) is 1. The largest absolute Gasteiger partial charge is 0.478 e. The molecular formula is C17H25N3O3. The van der Waals surface area contributed by atoms with Gasteiger partial charge in [0.15, 0.2) is 6.10 Å². The highest BCUT2D eigenvalue weighted by atomic mass is 16.5. The Balaban J connectivity index is 2.35. The Hall–Kier alpha value is -2.08. The number of benzene rings is 1. The van der Waals surface area contributed by atoms with Crippen LogP contribution in [-0.4, -0.2) is 24.5 Å². The summed E-state index contributed by atoms with van der Waals surface area (Å²) >= 11 is 0. The predicted octanol–water partition coefficient (Wildman–Crippen LogP) is 1.87. The van der Waals surface area contributed by atoms with Crippen LogP contribution in [0.15, 0.2) is 18.2 Å². The van der Waals surface area contributed by atoms with E-state index in [2.05, 4.69) is 6.92 Å². The molecule has 0 saturated heterocycles. The molecule has 0 spiro atoms. The Morgan fingerprint density at radius 1 is 1.39 bits per heavy atom. The molecule has 2 amide bonds. The molecule has 1 aromatic rings. The van der Waals surface area contributed by atoms with Crippen LogP contribution in [0.25, 0.3) is 0 Å². The average Bonchev–Trinajstić information content (AvgIpc) is 2.54. The van der Waals surface area contributed by atoms with E-state index in [0.29, 0.717) is 17.9 Å². The molecule has 2 atom stereocenters. The maximum Gasteiger partial charge on any atom is 0.268 e. The summed E-state index contributed by atoms with van der Waals surface area (Å²) in [6.45, 7) is 3.83. The number of carbonyl (C=O) groups is 2. The Bertz CT molecular complexity index is 588. The van der Waals surface area contributed by atoms with E-state index in [4.69, 9.17) is 16.2 Å². The van der Waals surface area contributed by atoms with E-state index in [9.17, 15) is 9.59 Å². The number of amides is 2. The molecule has 4 N–H and O–H groups in total. The van der Waals surface area contributed by atoms with Crippen LogP contribution in [0.5, 0.6) is 5.75 Å². The second kappa shape index (κ2) is 7.46. The zero-order valence-electron chi connectivity index (χ0n) is 13.7. The topological polar surface area (TPSA) is 98.6 Å². The first kappa shape index (κ1) is 17.3. The number of nitrogens with two attached hydrogens (primary N) is 2. The van der Waals surface area contributed by atoms with Gasteiger partial charge in [-0.2, -0.15) is 0 Å². The maximum atomic E-state index is 12.5. The average molecular weight is 319 g/mol. The summed E-state index contributed by atoms with van der Waals surface area (Å²) in [6, 6.07) is 5.47. The Morgan fingerprint density at radius 2 is 2.13 bits per heavy atom. The van der Waals surface area contributed by atoms with Crippen molar-refractivity contribution in [1.29, 1.82) is 0 Å². The smallest absolute Gasteiger partial charge is 0.268 e. The van der Waals surface area contributed by atoms with Gasteiger partial charge in [-0.3, -0.25) is 14.5 Å². The Labute approximate surface area is 136 Å². The normalized spacial score (nSPS) is 18.3. The highest BCUT2D eigenvalue weighted by Gasteiger charge is 2.34. The third kappa shape index (κ3) is 3.82. The van der Waals surface area contributed by atoms with Gasteiger partial charge in [0.1, 0.15) is 12.3 Å². The van der Waals surface area contributed by atoms with Crippen LogP contribution < -0.4 is 21.1 Å². The number of fused-ring (bicyclic) bond motifs is 1. The van der Waals surface area contributed by atoms with Gasteiger partial charge in [0.05, 0.1) is 5.69 Å². The van der Waals surface area contributed by atoms with Crippen LogP contribution in [0.4, 0.5) is 5.69 Å². The fraction of sp³-hybridized carbons (Fsp3) is 0.529. The first-order valence-electron chi connectivity index (χ1n) is 8.13. The number of hydrogen-bond donors (Lipinski definition) is 2. The molecule has 126 valence electrons. The summed E-state index contributed by atoms with van der Waals surface area (Å²) in [5.41, 5.74) is 13.0. The quantitative estimate of drug-likeness (QED) is 0.801. The molecule has 1 aliphatic heterocycles. The molecule has 0 aromatic heterocycles. The summed E-state index contributed by atoms with van der Waals surface area (Å²) in [4.78, 5) is 25.2. The highest BCUT2D eigenvalue weighted by molar-refractivity contribution is 6.03. The monoisotopic (exact) mass is 319 g/mol. The zero-order chi connectivity index (χ0) is 17.0. The van der Waals surface area contributed by atoms with E-state index in [1.165, 1.54) is 4.90 Å². The van der Waals surface area contributed by atoms with Gasteiger partial charge in [-0.05, 0) is 30.5 Å². The molecule has 2 unspecified atom stereocenters. The maximum absolute atomic E-state index is 12.5. The van der Waals surface area contributed by atoms with E-state index >= 15 is 0 Å². The van der Waals surface area contributed by atoms with Crippen molar-refractivity contribution in [3.8, 4) is 5.75 Å². The lowest BCUT2D eigenvalue weighted by Crippen LogP contribution is -2.48. The van der Waals surface area contributed by atoms with E-state index in [0.717, 1.165) is 24.8 Å². The van der Waals surface area contributed by atoms with Crippen molar-refractivity contribution in [1.82, 2.24) is 0 Å². The van der Waals surface area contributed by atoms with Gasteiger partial charge in [0.2, 0.25) is 5.91 Å². The third-order valence-corrected chi connectivity index (χ3v) is 4.07. The van der Waals surface area contributed by atoms with Crippen molar-refractivity contribution in [3.63, 3.8) is 0 Å². The molecule has 0 bridgehead atoms. The molecule has 6 nitrogen and oxygen atoms in total. The second-order valence-electron chi connectivity index (χ2n) is 5.88. The lowest BCUT2D eigenvalue weighted by atomic mass is 10.00. The highest BCUT2D eigenvalue weighted by Crippen LogP contribution is 2.37. The van der Waals surface area contributed by atoms with Gasteiger partial charge in [-0.25, -0.2) is 0 Å². The van der Waals surface area contributed by atoms with Gasteiger partial charge in [-0.15, -0.1) is 0 Å². The number of unbranched alkanes of at least 4 members (excludes halogenated alkanes) is 1. The molecule has 6 heteroatoms. The van der Waals surface area contributed by atoms with E-state index in [1.54, 1.807) is 0 Å². The van der Waals surface area contributed by atoms with Crippen molar-refractivity contribution >= 4 is 17.5 Å². The first-order valence-corrected chi connectivity index (χ1v) is 8.13. The predicted molar refractivity (Wildman–Crippen MR) is 89.1 cm³/mol. The number of rotatable bonds is 7. The molecule has 0 fully saturated rings. The Kier molecular flexibility index (Phi) is 5.60. The van der Waals surface area contributed by atoms with Crippen molar-refractivity contribution < 1.29 is 14.3 Å². The van der Waals surface area contributed by atoms with Crippen molar-refractivity contribution in [3.05, 3.63) is 23.8 Å². The molecule has 0 radical (unpaired) electrons. The molecule has 23 heavy (non-hydrogen) atoms. The molecule has 0 aliphatic carbocycles. The standard InChI is InChI=1S/C17H25N3O3/c1-3-5-6-12(18)11-7-8-15-13(9-11)20(10-16(19)21)17(22)14(4-2)23-15/h7-9,12,14H,3-6,10,18H2,1-2H3,(H2,19,21). The summed E-state index contributed by atoms with van der Waals surface area (Å²) in [5.74, 6) is -0.205. The molecule has 1 aromatic carbocycles. The van der Waals surface area contributed by atoms with Crippen LogP contribution in [0, 0.1) is 0 Å². The van der Waals surface area contributed by atoms with E-state index in [-0.39, 0.29) is 18.5 Å². The fourth-order valence-corrected chi connectivity index (χ4v) is 2.74. The van der Waals surface area contributed by atoms with Gasteiger partial charge in [0.25, 0.3) is 5.91 Å². The van der Waals surface area contributed by atoms with E-state index < -0.39 is 12.0 Å². The summed E-state index contributed by atoms with van der Waals surface area (Å²) in [5, 5.41) is 0. The summed E-state index contributed by atoms with van der Waals surface area (Å²) in [7, 11) is 0. The van der Waals surface area contributed by atoms with Crippen LogP contribution in [0.1, 0.15) is 51.1 Å². The van der Waals surface area contributed by atoms with Gasteiger partial charge >= 0.3 is 0 Å². The minimum absolute atomic E-state index is 0.102. The Morgan fingerprint density at radius 3 is 2.74 bits per heavy atom. The minimum Gasteiger partial charge on any atom is -0.478 e. The molecular weight excluding hydrogens is 294 g/mol. The molecule has 2 rings (SSSR count). The number of primary amides is 1. The molecule has 0 saturated carbocycles. The van der Waals surface area contributed by atoms with Crippen LogP contribution in [0.2, 0.25) is 0 Å². The van der Waals surface area contributed by atoms with Crippen molar-refractivity contribution in [2.45, 2.75) is 51.7 Å². The lowest BCUT2D eigenvalue weighted by molar-refractivity contribution is -0.128. The van der Waals surface area contributed by atoms with Crippen LogP contribution in [0.3, 0.4) is 0 Å². The number of hydrogen-bond acceptors (Lipinski definition) is 4. The first-order chi connectivity index (χ1) is 11.0. The SMILES string of the molecule is CCCCC(N)c1ccc2c(c1)N(CC(N)=O)C(=O)C(CC)O2. The second-order valence-corrected chi connectivity index (χ2v) is 5.88. The van der Waals surface area contributed by atoms with Crippen LogP contribution in [-0.2, 0) is 9.59 Å². The van der Waals surface area contributed by atoms with Crippen molar-refractivity contribution in [2.24, 2.45) is 11.5 Å². The minimum atomic E-state index is -0.582. The molecule has 1 heterocycles.